The summed E-state index contributed by atoms with van der Waals surface area (Å²) in [6.45, 7) is 1.35. The predicted octanol–water partition coefficient (Wildman–Crippen LogP) is 3.84. The summed E-state index contributed by atoms with van der Waals surface area (Å²) in [7, 11) is 0. The van der Waals surface area contributed by atoms with Crippen molar-refractivity contribution in [2.24, 2.45) is 0 Å². The molecule has 7 heteroatoms. The zero-order valence-electron chi connectivity index (χ0n) is 13.9. The Morgan fingerprint density at radius 3 is 2.62 bits per heavy atom. The van der Waals surface area contributed by atoms with Gasteiger partial charge in [-0.15, -0.1) is 0 Å². The molecule has 0 saturated carbocycles. The van der Waals surface area contributed by atoms with Gasteiger partial charge in [0.1, 0.15) is 0 Å². The normalized spacial score (nSPS) is 16.3. The Labute approximate surface area is 148 Å². The predicted molar refractivity (Wildman–Crippen MR) is 88.8 cm³/mol. The van der Waals surface area contributed by atoms with Crippen LogP contribution in [0.3, 0.4) is 0 Å². The summed E-state index contributed by atoms with van der Waals surface area (Å²) in [5.74, 6) is -1.38. The maximum absolute atomic E-state index is 12.7. The summed E-state index contributed by atoms with van der Waals surface area (Å²) in [5, 5.41) is 0. The van der Waals surface area contributed by atoms with Crippen molar-refractivity contribution in [2.45, 2.75) is 25.6 Å². The second kappa shape index (κ2) is 6.82. The van der Waals surface area contributed by atoms with Gasteiger partial charge in [-0.1, -0.05) is 24.3 Å². The van der Waals surface area contributed by atoms with Crippen molar-refractivity contribution < 1.29 is 27.5 Å². The highest BCUT2D eigenvalue weighted by Crippen LogP contribution is 2.32. The van der Waals surface area contributed by atoms with Crippen molar-refractivity contribution >= 4 is 17.6 Å². The number of alkyl halides is 3. The van der Waals surface area contributed by atoms with E-state index in [9.17, 15) is 22.8 Å². The van der Waals surface area contributed by atoms with Gasteiger partial charge in [-0.05, 0) is 43.2 Å². The highest BCUT2D eigenvalue weighted by atomic mass is 19.4. The number of nitrogens with zero attached hydrogens (tertiary/aromatic N) is 1. The van der Waals surface area contributed by atoms with E-state index in [0.29, 0.717) is 12.5 Å². The number of ether oxygens (including phenoxy) is 1. The number of para-hydroxylation sites is 1. The fraction of sp³-hybridized carbons (Fsp3) is 0.263. The molecule has 1 heterocycles. The van der Waals surface area contributed by atoms with Crippen LogP contribution in [0.1, 0.15) is 28.4 Å². The molecule has 2 aromatic carbocycles. The molecule has 0 saturated heterocycles. The third kappa shape index (κ3) is 3.56. The number of carbonyl (C=O) groups excluding carboxylic acids is 2. The average Bonchev–Trinajstić information content (AvgIpc) is 2.94. The second-order valence-corrected chi connectivity index (χ2v) is 6.10. The summed E-state index contributed by atoms with van der Waals surface area (Å²) < 4.78 is 43.1. The van der Waals surface area contributed by atoms with E-state index < -0.39 is 30.2 Å². The van der Waals surface area contributed by atoms with Crippen LogP contribution in [0.15, 0.2) is 48.5 Å². The van der Waals surface area contributed by atoms with Crippen LogP contribution in [0.4, 0.5) is 18.9 Å². The van der Waals surface area contributed by atoms with Crippen LogP contribution in [-0.4, -0.2) is 24.5 Å². The van der Waals surface area contributed by atoms with Crippen LogP contribution < -0.4 is 4.90 Å². The van der Waals surface area contributed by atoms with Gasteiger partial charge in [-0.25, -0.2) is 4.79 Å². The Morgan fingerprint density at radius 1 is 1.15 bits per heavy atom. The molecule has 0 spiro atoms. The van der Waals surface area contributed by atoms with Crippen LogP contribution in [0.5, 0.6) is 0 Å². The molecule has 1 atom stereocenters. The van der Waals surface area contributed by atoms with E-state index in [1.165, 1.54) is 6.07 Å². The maximum atomic E-state index is 12.7. The lowest BCUT2D eigenvalue weighted by molar-refractivity contribution is -0.137. The van der Waals surface area contributed by atoms with Gasteiger partial charge in [0.05, 0.1) is 11.1 Å². The monoisotopic (exact) mass is 363 g/mol. The maximum Gasteiger partial charge on any atom is 0.416 e. The molecule has 1 aliphatic heterocycles. The lowest BCUT2D eigenvalue weighted by atomic mass is 10.1. The molecule has 0 aromatic heterocycles. The average molecular weight is 363 g/mol. The summed E-state index contributed by atoms with van der Waals surface area (Å²) >= 11 is 0. The van der Waals surface area contributed by atoms with E-state index in [1.807, 2.05) is 31.2 Å². The molecule has 3 rings (SSSR count). The van der Waals surface area contributed by atoms with Gasteiger partial charge in [0.25, 0.3) is 5.91 Å². The number of esters is 1. The molecule has 1 aliphatic rings. The van der Waals surface area contributed by atoms with Gasteiger partial charge in [0.15, 0.2) is 6.61 Å². The van der Waals surface area contributed by atoms with Gasteiger partial charge >= 0.3 is 12.1 Å². The third-order valence-electron chi connectivity index (χ3n) is 4.23. The number of fused-ring (bicyclic) bond motifs is 1. The minimum Gasteiger partial charge on any atom is -0.452 e. The van der Waals surface area contributed by atoms with Gasteiger partial charge in [-0.2, -0.15) is 13.2 Å². The highest BCUT2D eigenvalue weighted by Gasteiger charge is 2.32. The Hall–Kier alpha value is -2.83. The minimum atomic E-state index is -4.55. The van der Waals surface area contributed by atoms with E-state index in [4.69, 9.17) is 4.74 Å². The molecule has 1 amide bonds. The summed E-state index contributed by atoms with van der Waals surface area (Å²) in [6.07, 6.45) is -3.86. The smallest absolute Gasteiger partial charge is 0.416 e. The molecule has 0 N–H and O–H groups in total. The van der Waals surface area contributed by atoms with Crippen LogP contribution in [0.2, 0.25) is 0 Å². The van der Waals surface area contributed by atoms with Crippen molar-refractivity contribution in [2.75, 3.05) is 11.5 Å². The number of anilines is 1. The second-order valence-electron chi connectivity index (χ2n) is 6.10. The Kier molecular flexibility index (Phi) is 4.71. The van der Waals surface area contributed by atoms with Gasteiger partial charge < -0.3 is 9.64 Å². The largest absolute Gasteiger partial charge is 0.452 e. The number of amides is 1. The van der Waals surface area contributed by atoms with Crippen LogP contribution in [0.25, 0.3) is 0 Å². The van der Waals surface area contributed by atoms with Gasteiger partial charge in [-0.3, -0.25) is 4.79 Å². The first kappa shape index (κ1) is 18.0. The first-order chi connectivity index (χ1) is 12.3. The van der Waals surface area contributed by atoms with Crippen molar-refractivity contribution in [1.29, 1.82) is 0 Å². The molecule has 2 aromatic rings. The number of hydrogen-bond donors (Lipinski definition) is 0. The quantitative estimate of drug-likeness (QED) is 0.779. The summed E-state index contributed by atoms with van der Waals surface area (Å²) in [5.41, 5.74) is 0.598. The molecule has 4 nitrogen and oxygen atoms in total. The molecule has 0 unspecified atom stereocenters. The fourth-order valence-corrected chi connectivity index (χ4v) is 3.05. The number of carbonyl (C=O) groups is 2. The summed E-state index contributed by atoms with van der Waals surface area (Å²) in [6, 6.07) is 11.3. The Bertz CT molecular complexity index is 848. The summed E-state index contributed by atoms with van der Waals surface area (Å²) in [4.78, 5) is 26.0. The third-order valence-corrected chi connectivity index (χ3v) is 4.23. The standard InChI is InChI=1S/C19H16F3NO3/c1-12-9-13-5-2-3-8-16(13)23(12)17(24)11-26-18(25)14-6-4-7-15(10-14)19(20,21)22/h2-8,10,12H,9,11H2,1H3/t12-/m0/s1. The fourth-order valence-electron chi connectivity index (χ4n) is 3.05. The number of hydrogen-bond acceptors (Lipinski definition) is 3. The molecule has 26 heavy (non-hydrogen) atoms. The van der Waals surface area contributed by atoms with Crippen LogP contribution >= 0.6 is 0 Å². The molecule has 136 valence electrons. The molecule has 0 bridgehead atoms. The Morgan fingerprint density at radius 2 is 1.88 bits per heavy atom. The van der Waals surface area contributed by atoms with Crippen molar-refractivity contribution in [1.82, 2.24) is 0 Å². The highest BCUT2D eigenvalue weighted by molar-refractivity contribution is 5.99. The van der Waals surface area contributed by atoms with Crippen LogP contribution in [-0.2, 0) is 22.1 Å². The molecule has 0 aliphatic carbocycles. The van der Waals surface area contributed by atoms with Crippen LogP contribution in [0, 0.1) is 0 Å². The van der Waals surface area contributed by atoms with E-state index in [1.54, 1.807) is 4.90 Å². The van der Waals surface area contributed by atoms with Crippen molar-refractivity contribution in [3.05, 3.63) is 65.2 Å². The van der Waals surface area contributed by atoms with E-state index >= 15 is 0 Å². The lowest BCUT2D eigenvalue weighted by Gasteiger charge is -2.22. The van der Waals surface area contributed by atoms with E-state index in [-0.39, 0.29) is 11.6 Å². The molecule has 0 fully saturated rings. The zero-order valence-corrected chi connectivity index (χ0v) is 13.9. The van der Waals surface area contributed by atoms with E-state index in [0.717, 1.165) is 23.4 Å². The van der Waals surface area contributed by atoms with Gasteiger partial charge in [0.2, 0.25) is 0 Å². The number of benzene rings is 2. The number of halogens is 3. The molecule has 0 radical (unpaired) electrons. The lowest BCUT2D eigenvalue weighted by Crippen LogP contribution is -2.38. The van der Waals surface area contributed by atoms with Gasteiger partial charge in [0, 0.05) is 11.7 Å². The first-order valence-electron chi connectivity index (χ1n) is 8.01. The number of rotatable bonds is 3. The van der Waals surface area contributed by atoms with Crippen molar-refractivity contribution in [3.8, 4) is 0 Å². The SMILES string of the molecule is C[C@H]1Cc2ccccc2N1C(=O)COC(=O)c1cccc(C(F)(F)F)c1. The molecular weight excluding hydrogens is 347 g/mol. The zero-order chi connectivity index (χ0) is 18.9. The van der Waals surface area contributed by atoms with E-state index in [2.05, 4.69) is 0 Å². The Balaban J connectivity index is 1.68. The minimum absolute atomic E-state index is 0.0767. The first-order valence-corrected chi connectivity index (χ1v) is 8.01. The van der Waals surface area contributed by atoms with Crippen molar-refractivity contribution in [3.63, 3.8) is 0 Å². The molecular formula is C19H16F3NO3. The topological polar surface area (TPSA) is 46.6 Å².